The molecular formula is C18H16FNO2S. The lowest BCUT2D eigenvalue weighted by atomic mass is 10.1. The minimum Gasteiger partial charge on any atom is -0.481 e. The molecule has 1 aromatic heterocycles. The topological polar surface area (TPSA) is 38.3 Å². The molecule has 0 aliphatic carbocycles. The van der Waals surface area contributed by atoms with Crippen LogP contribution in [0.1, 0.15) is 5.56 Å². The maximum absolute atomic E-state index is 13.4. The highest BCUT2D eigenvalue weighted by Crippen LogP contribution is 2.25. The molecule has 5 heteroatoms. The van der Waals surface area contributed by atoms with Gasteiger partial charge in [0.25, 0.3) is 5.91 Å². The van der Waals surface area contributed by atoms with Gasteiger partial charge in [-0.15, -0.1) is 11.3 Å². The van der Waals surface area contributed by atoms with E-state index in [1.807, 2.05) is 12.1 Å². The van der Waals surface area contributed by atoms with Crippen LogP contribution in [0.4, 0.5) is 4.39 Å². The van der Waals surface area contributed by atoms with Crippen LogP contribution in [-0.4, -0.2) is 19.1 Å². The molecule has 0 unspecified atom stereocenters. The van der Waals surface area contributed by atoms with Crippen molar-refractivity contribution < 1.29 is 13.9 Å². The number of amides is 1. The Morgan fingerprint density at radius 1 is 1.13 bits per heavy atom. The zero-order chi connectivity index (χ0) is 16.1. The molecule has 23 heavy (non-hydrogen) atoms. The van der Waals surface area contributed by atoms with Crippen molar-refractivity contribution in [3.8, 4) is 5.75 Å². The number of ether oxygens (including phenoxy) is 1. The van der Waals surface area contributed by atoms with Crippen LogP contribution >= 0.6 is 11.3 Å². The Hall–Kier alpha value is -2.40. The van der Waals surface area contributed by atoms with Gasteiger partial charge in [-0.1, -0.05) is 30.3 Å². The second-order valence-corrected chi connectivity index (χ2v) is 5.99. The van der Waals surface area contributed by atoms with E-state index < -0.39 is 5.82 Å². The Balaban J connectivity index is 1.47. The summed E-state index contributed by atoms with van der Waals surface area (Å²) in [5, 5.41) is 6.14. The molecule has 0 atom stereocenters. The average molecular weight is 329 g/mol. The van der Waals surface area contributed by atoms with E-state index in [4.69, 9.17) is 4.74 Å². The number of hydrogen-bond donors (Lipinski definition) is 1. The Bertz CT molecular complexity index is 815. The zero-order valence-electron chi connectivity index (χ0n) is 12.4. The molecule has 1 amide bonds. The van der Waals surface area contributed by atoms with Crippen molar-refractivity contribution in [2.45, 2.75) is 6.42 Å². The van der Waals surface area contributed by atoms with Gasteiger partial charge in [-0.05, 0) is 40.9 Å². The van der Waals surface area contributed by atoms with Gasteiger partial charge in [0.05, 0.1) is 0 Å². The average Bonchev–Trinajstić information content (AvgIpc) is 2.98. The van der Waals surface area contributed by atoms with Crippen LogP contribution in [0.25, 0.3) is 10.1 Å². The van der Waals surface area contributed by atoms with Gasteiger partial charge in [-0.3, -0.25) is 4.79 Å². The number of carbonyl (C=O) groups is 1. The van der Waals surface area contributed by atoms with Gasteiger partial charge in [0, 0.05) is 11.2 Å². The fraction of sp³-hybridized carbons (Fsp3) is 0.167. The van der Waals surface area contributed by atoms with E-state index in [1.165, 1.54) is 27.8 Å². The summed E-state index contributed by atoms with van der Waals surface area (Å²) in [5.74, 6) is -0.635. The second kappa shape index (κ2) is 7.24. The first kappa shape index (κ1) is 15.5. The number of para-hydroxylation sites is 1. The van der Waals surface area contributed by atoms with Gasteiger partial charge in [0.15, 0.2) is 18.2 Å². The van der Waals surface area contributed by atoms with Gasteiger partial charge >= 0.3 is 0 Å². The van der Waals surface area contributed by atoms with Crippen molar-refractivity contribution in [3.63, 3.8) is 0 Å². The first-order valence-corrected chi connectivity index (χ1v) is 8.21. The molecule has 0 bridgehead atoms. The fourth-order valence-electron chi connectivity index (χ4n) is 2.32. The van der Waals surface area contributed by atoms with E-state index in [1.54, 1.807) is 23.5 Å². The maximum Gasteiger partial charge on any atom is 0.257 e. The third kappa shape index (κ3) is 3.87. The lowest BCUT2D eigenvalue weighted by molar-refractivity contribution is -0.123. The van der Waals surface area contributed by atoms with Crippen molar-refractivity contribution >= 4 is 27.3 Å². The number of nitrogens with one attached hydrogen (secondary N) is 1. The SMILES string of the molecule is O=C(COc1ccccc1F)NCCc1csc2ccccc12. The molecule has 0 radical (unpaired) electrons. The molecule has 0 fully saturated rings. The first-order chi connectivity index (χ1) is 11.2. The number of hydrogen-bond acceptors (Lipinski definition) is 3. The van der Waals surface area contributed by atoms with Crippen molar-refractivity contribution in [3.05, 3.63) is 65.3 Å². The number of halogens is 1. The molecular weight excluding hydrogens is 313 g/mol. The lowest BCUT2D eigenvalue weighted by Crippen LogP contribution is -2.30. The predicted octanol–water partition coefficient (Wildman–Crippen LogP) is 3.78. The molecule has 2 aromatic carbocycles. The molecule has 3 nitrogen and oxygen atoms in total. The molecule has 3 rings (SSSR count). The summed E-state index contributed by atoms with van der Waals surface area (Å²) >= 11 is 1.70. The van der Waals surface area contributed by atoms with Crippen LogP contribution in [0.15, 0.2) is 53.9 Å². The van der Waals surface area contributed by atoms with E-state index in [2.05, 4.69) is 22.8 Å². The second-order valence-electron chi connectivity index (χ2n) is 5.08. The highest BCUT2D eigenvalue weighted by atomic mass is 32.1. The van der Waals surface area contributed by atoms with Crippen LogP contribution < -0.4 is 10.1 Å². The maximum atomic E-state index is 13.4. The number of fused-ring (bicyclic) bond motifs is 1. The number of thiophene rings is 1. The van der Waals surface area contributed by atoms with Gasteiger partial charge in [0.2, 0.25) is 0 Å². The molecule has 118 valence electrons. The van der Waals surface area contributed by atoms with Crippen LogP contribution in [-0.2, 0) is 11.2 Å². The third-order valence-electron chi connectivity index (χ3n) is 3.47. The molecule has 0 spiro atoms. The molecule has 0 saturated carbocycles. The standard InChI is InChI=1S/C18H16FNO2S/c19-15-6-2-3-7-16(15)22-11-18(21)20-10-9-13-12-23-17-8-4-1-5-14(13)17/h1-8,12H,9-11H2,(H,20,21). The van der Waals surface area contributed by atoms with E-state index >= 15 is 0 Å². The normalized spacial score (nSPS) is 10.7. The van der Waals surface area contributed by atoms with Gasteiger partial charge in [-0.2, -0.15) is 0 Å². The Morgan fingerprint density at radius 3 is 2.78 bits per heavy atom. The number of rotatable bonds is 6. The van der Waals surface area contributed by atoms with Crippen LogP contribution in [0, 0.1) is 5.82 Å². The largest absolute Gasteiger partial charge is 0.481 e. The van der Waals surface area contributed by atoms with Crippen molar-refractivity contribution in [2.24, 2.45) is 0 Å². The molecule has 1 heterocycles. The summed E-state index contributed by atoms with van der Waals surface area (Å²) in [7, 11) is 0. The highest BCUT2D eigenvalue weighted by Gasteiger charge is 2.07. The van der Waals surface area contributed by atoms with Crippen molar-refractivity contribution in [2.75, 3.05) is 13.2 Å². The molecule has 0 aliphatic heterocycles. The highest BCUT2D eigenvalue weighted by molar-refractivity contribution is 7.17. The number of benzene rings is 2. The summed E-state index contributed by atoms with van der Waals surface area (Å²) in [6, 6.07) is 14.2. The summed E-state index contributed by atoms with van der Waals surface area (Å²) in [6.07, 6.45) is 0.759. The lowest BCUT2D eigenvalue weighted by Gasteiger charge is -2.08. The quantitative estimate of drug-likeness (QED) is 0.747. The van der Waals surface area contributed by atoms with E-state index in [-0.39, 0.29) is 18.3 Å². The monoisotopic (exact) mass is 329 g/mol. The molecule has 1 N–H and O–H groups in total. The summed E-state index contributed by atoms with van der Waals surface area (Å²) in [5.41, 5.74) is 1.22. The third-order valence-corrected chi connectivity index (χ3v) is 4.49. The van der Waals surface area contributed by atoms with Crippen LogP contribution in [0.2, 0.25) is 0 Å². The van der Waals surface area contributed by atoms with Crippen molar-refractivity contribution in [1.82, 2.24) is 5.32 Å². The van der Waals surface area contributed by atoms with Crippen LogP contribution in [0.3, 0.4) is 0 Å². The summed E-state index contributed by atoms with van der Waals surface area (Å²) < 4.78 is 19.8. The van der Waals surface area contributed by atoms with Gasteiger partial charge < -0.3 is 10.1 Å². The van der Waals surface area contributed by atoms with E-state index in [9.17, 15) is 9.18 Å². The molecule has 0 aliphatic rings. The molecule has 3 aromatic rings. The summed E-state index contributed by atoms with van der Waals surface area (Å²) in [4.78, 5) is 11.8. The fourth-order valence-corrected chi connectivity index (χ4v) is 3.32. The zero-order valence-corrected chi connectivity index (χ0v) is 13.2. The first-order valence-electron chi connectivity index (χ1n) is 7.33. The summed E-state index contributed by atoms with van der Waals surface area (Å²) in [6.45, 7) is 0.339. The Labute approximate surface area is 137 Å². The van der Waals surface area contributed by atoms with E-state index in [0.29, 0.717) is 6.54 Å². The molecule has 0 saturated heterocycles. The van der Waals surface area contributed by atoms with Gasteiger partial charge in [0.1, 0.15) is 0 Å². The smallest absolute Gasteiger partial charge is 0.257 e. The van der Waals surface area contributed by atoms with Crippen LogP contribution in [0.5, 0.6) is 5.75 Å². The minimum absolute atomic E-state index is 0.0893. The minimum atomic E-state index is -0.468. The number of carbonyl (C=O) groups excluding carboxylic acids is 1. The van der Waals surface area contributed by atoms with Crippen molar-refractivity contribution in [1.29, 1.82) is 0 Å². The van der Waals surface area contributed by atoms with E-state index in [0.717, 1.165) is 6.42 Å². The predicted molar refractivity (Wildman–Crippen MR) is 90.4 cm³/mol. The Morgan fingerprint density at radius 2 is 1.91 bits per heavy atom. The Kier molecular flexibility index (Phi) is 4.88. The van der Waals surface area contributed by atoms with Gasteiger partial charge in [-0.25, -0.2) is 4.39 Å².